The molecule has 400 valence electrons. The molecule has 1 aliphatic rings. The van der Waals surface area contributed by atoms with E-state index in [9.17, 15) is 0 Å². The number of benzene rings is 8. The van der Waals surface area contributed by atoms with Crippen molar-refractivity contribution in [3.63, 3.8) is 0 Å². The molecule has 0 saturated heterocycles. The quantitative estimate of drug-likeness (QED) is 0.122. The maximum absolute atomic E-state index is 7.27. The van der Waals surface area contributed by atoms with Gasteiger partial charge in [0, 0.05) is 51.3 Å². The first kappa shape index (κ1) is 53.1. The van der Waals surface area contributed by atoms with Crippen LogP contribution in [0.15, 0.2) is 194 Å². The Labute approximate surface area is 470 Å². The van der Waals surface area contributed by atoms with E-state index in [1.807, 2.05) is 6.20 Å². The summed E-state index contributed by atoms with van der Waals surface area (Å²) in [5.74, 6) is 3.15. The number of anilines is 4. The minimum absolute atomic E-state index is 0.0126. The summed E-state index contributed by atoms with van der Waals surface area (Å²) in [6, 6.07) is 69.8. The first-order valence-corrected chi connectivity index (χ1v) is 28.5. The Kier molecular flexibility index (Phi) is 13.5. The van der Waals surface area contributed by atoms with Gasteiger partial charge in [0.2, 0.25) is 0 Å². The zero-order chi connectivity index (χ0) is 55.8. The summed E-state index contributed by atoms with van der Waals surface area (Å²) < 4.78 is 9.59. The molecule has 5 nitrogen and oxygen atoms in total. The van der Waals surface area contributed by atoms with Crippen LogP contribution in [0.2, 0.25) is 0 Å². The smallest absolute Gasteiger partial charge is 0.137 e. The highest BCUT2D eigenvalue weighted by atomic mass is 16.5. The predicted molar refractivity (Wildman–Crippen MR) is 335 cm³/mol. The molecule has 11 rings (SSSR count). The van der Waals surface area contributed by atoms with E-state index in [1.165, 1.54) is 61.1 Å². The summed E-state index contributed by atoms with van der Waals surface area (Å²) >= 11 is 0. The standard InChI is InChI=1S/C74H78N4O/c1-48(2)61-29-22-30-62(49(3)4)70(61)50-31-35-66-68(39-50)76(57-28-21-27-55(40-57)73(11,12)51-23-17-15-18-24-51)47-77(66)58-41-56(74(13,14)52-25-19-16-20-26-52)42-60(45-58)79-59-33-34-63-64-43-53(71(5,6)7)32-36-65(64)78(67(63)46-59)69-44-54(37-38-75-69)72(8,9)10/h15-46,48-49H,47H2,1-14H3. The fraction of sp³-hybridized carbons (Fsp3) is 0.284. The van der Waals surface area contributed by atoms with E-state index in [-0.39, 0.29) is 21.7 Å². The maximum atomic E-state index is 7.27. The number of hydrogen-bond acceptors (Lipinski definition) is 4. The van der Waals surface area contributed by atoms with Crippen molar-refractivity contribution in [1.29, 1.82) is 0 Å². The van der Waals surface area contributed by atoms with Crippen molar-refractivity contribution < 1.29 is 4.74 Å². The lowest BCUT2D eigenvalue weighted by atomic mass is 9.78. The Hall–Kier alpha value is -7.89. The fourth-order valence-corrected chi connectivity index (χ4v) is 11.9. The van der Waals surface area contributed by atoms with Gasteiger partial charge in [0.15, 0.2) is 0 Å². The van der Waals surface area contributed by atoms with Crippen LogP contribution < -0.4 is 14.5 Å². The molecule has 0 aliphatic carbocycles. The molecule has 79 heavy (non-hydrogen) atoms. The second-order valence-corrected chi connectivity index (χ2v) is 25.8. The highest BCUT2D eigenvalue weighted by Gasteiger charge is 2.34. The number of aromatic nitrogens is 2. The summed E-state index contributed by atoms with van der Waals surface area (Å²) in [6.07, 6.45) is 1.95. The third-order valence-corrected chi connectivity index (χ3v) is 17.0. The maximum Gasteiger partial charge on any atom is 0.137 e. The summed E-state index contributed by atoms with van der Waals surface area (Å²) in [5.41, 5.74) is 18.9. The average molecular weight is 1040 g/mol. The lowest BCUT2D eigenvalue weighted by Crippen LogP contribution is -2.26. The van der Waals surface area contributed by atoms with E-state index in [4.69, 9.17) is 9.72 Å². The average Bonchev–Trinajstić information content (AvgIpc) is 4.03. The monoisotopic (exact) mass is 1040 g/mol. The molecule has 1 aliphatic heterocycles. The molecule has 8 aromatic carbocycles. The van der Waals surface area contributed by atoms with Crippen molar-refractivity contribution >= 4 is 44.6 Å². The van der Waals surface area contributed by atoms with Gasteiger partial charge in [0.1, 0.15) is 24.0 Å². The molecule has 0 unspecified atom stereocenters. The number of ether oxygens (including phenoxy) is 1. The molecule has 2 aromatic heterocycles. The van der Waals surface area contributed by atoms with Gasteiger partial charge in [-0.1, -0.05) is 200 Å². The summed E-state index contributed by atoms with van der Waals surface area (Å²) in [6.45, 7) is 32.8. The van der Waals surface area contributed by atoms with Crippen LogP contribution in [-0.4, -0.2) is 16.2 Å². The van der Waals surface area contributed by atoms with Gasteiger partial charge in [-0.05, 0) is 151 Å². The van der Waals surface area contributed by atoms with E-state index in [0.717, 1.165) is 56.4 Å². The third kappa shape index (κ3) is 9.92. The molecule has 0 fully saturated rings. The Bertz CT molecular complexity index is 3860. The lowest BCUT2D eigenvalue weighted by molar-refractivity contribution is 0.480. The van der Waals surface area contributed by atoms with Crippen LogP contribution in [0.1, 0.15) is 153 Å². The number of rotatable bonds is 12. The van der Waals surface area contributed by atoms with Crippen molar-refractivity contribution in [2.24, 2.45) is 0 Å². The summed E-state index contributed by atoms with van der Waals surface area (Å²) in [7, 11) is 0. The number of fused-ring (bicyclic) bond motifs is 4. The van der Waals surface area contributed by atoms with Crippen LogP contribution in [-0.2, 0) is 21.7 Å². The molecule has 0 bridgehead atoms. The van der Waals surface area contributed by atoms with Gasteiger partial charge in [0.25, 0.3) is 0 Å². The molecule has 0 radical (unpaired) electrons. The molecule has 3 heterocycles. The van der Waals surface area contributed by atoms with Crippen molar-refractivity contribution in [3.8, 4) is 28.4 Å². The van der Waals surface area contributed by atoms with Gasteiger partial charge in [-0.25, -0.2) is 4.98 Å². The van der Waals surface area contributed by atoms with Crippen LogP contribution in [0.4, 0.5) is 22.7 Å². The van der Waals surface area contributed by atoms with Crippen LogP contribution in [0.5, 0.6) is 11.5 Å². The summed E-state index contributed by atoms with van der Waals surface area (Å²) in [5, 5.41) is 2.37. The molecular formula is C74H78N4O. The van der Waals surface area contributed by atoms with Crippen molar-refractivity contribution in [2.45, 2.75) is 130 Å². The normalized spacial score (nSPS) is 13.3. The molecule has 10 aromatic rings. The molecule has 5 heteroatoms. The first-order chi connectivity index (χ1) is 37.6. The van der Waals surface area contributed by atoms with Gasteiger partial charge in [-0.3, -0.25) is 4.57 Å². The Morgan fingerprint density at radius 1 is 0.418 bits per heavy atom. The van der Waals surface area contributed by atoms with Crippen LogP contribution >= 0.6 is 0 Å². The third-order valence-electron chi connectivity index (χ3n) is 17.0. The van der Waals surface area contributed by atoms with Crippen molar-refractivity contribution in [3.05, 3.63) is 239 Å². The second kappa shape index (κ2) is 20.1. The fourth-order valence-electron chi connectivity index (χ4n) is 11.9. The number of hydrogen-bond donors (Lipinski definition) is 0. The van der Waals surface area contributed by atoms with Gasteiger partial charge >= 0.3 is 0 Å². The Morgan fingerprint density at radius 2 is 1.01 bits per heavy atom. The van der Waals surface area contributed by atoms with Crippen LogP contribution in [0, 0.1) is 0 Å². The SMILES string of the molecule is CC(C)c1cccc(C(C)C)c1-c1ccc2c(c1)N(c1cccc(C(C)(C)c3ccccc3)c1)CN2c1cc(Oc2ccc3c4cc(C(C)(C)C)ccc4n(-c4cc(C(C)(C)C)ccn4)c3c2)cc(C(C)(C)c2ccccc2)c1. The molecule has 0 spiro atoms. The van der Waals surface area contributed by atoms with Gasteiger partial charge in [-0.15, -0.1) is 0 Å². The zero-order valence-electron chi connectivity index (χ0n) is 49.0. The van der Waals surface area contributed by atoms with E-state index < -0.39 is 0 Å². The highest BCUT2D eigenvalue weighted by molar-refractivity contribution is 6.10. The topological polar surface area (TPSA) is 33.5 Å². The van der Waals surface area contributed by atoms with Crippen LogP contribution in [0.3, 0.4) is 0 Å². The number of pyridine rings is 1. The van der Waals surface area contributed by atoms with E-state index in [1.54, 1.807) is 0 Å². The Morgan fingerprint density at radius 3 is 1.66 bits per heavy atom. The van der Waals surface area contributed by atoms with Gasteiger partial charge < -0.3 is 14.5 Å². The van der Waals surface area contributed by atoms with Gasteiger partial charge in [0.05, 0.1) is 22.4 Å². The van der Waals surface area contributed by atoms with E-state index in [2.05, 4.69) is 299 Å². The first-order valence-electron chi connectivity index (χ1n) is 28.5. The van der Waals surface area contributed by atoms with E-state index >= 15 is 0 Å². The molecular weight excluding hydrogens is 961 g/mol. The summed E-state index contributed by atoms with van der Waals surface area (Å²) in [4.78, 5) is 10.1. The highest BCUT2D eigenvalue weighted by Crippen LogP contribution is 2.50. The molecule has 0 amide bonds. The minimum Gasteiger partial charge on any atom is -0.457 e. The lowest BCUT2D eigenvalue weighted by Gasteiger charge is -2.30. The van der Waals surface area contributed by atoms with E-state index in [0.29, 0.717) is 18.5 Å². The Balaban J connectivity index is 1.09. The molecule has 0 atom stereocenters. The van der Waals surface area contributed by atoms with Crippen molar-refractivity contribution in [1.82, 2.24) is 9.55 Å². The largest absolute Gasteiger partial charge is 0.457 e. The number of nitrogens with zero attached hydrogens (tertiary/aromatic N) is 4. The molecule has 0 N–H and O–H groups in total. The predicted octanol–water partition coefficient (Wildman–Crippen LogP) is 20.4. The molecule has 0 saturated carbocycles. The van der Waals surface area contributed by atoms with Crippen molar-refractivity contribution in [2.75, 3.05) is 16.5 Å². The second-order valence-electron chi connectivity index (χ2n) is 25.8. The zero-order valence-corrected chi connectivity index (χ0v) is 49.0. The minimum atomic E-state index is -0.364. The van der Waals surface area contributed by atoms with Crippen LogP contribution in [0.25, 0.3) is 38.8 Å². The van der Waals surface area contributed by atoms with Gasteiger partial charge in [-0.2, -0.15) is 0 Å².